The Morgan fingerprint density at radius 3 is 2.39 bits per heavy atom. The van der Waals surface area contributed by atoms with E-state index in [0.717, 1.165) is 23.9 Å². The SMILES string of the molecule is CN(C)CCNC(=O)c1ccccc1N1CCN(C(=O)[C@@H](Cc2ccc(Cl)cc2)NC(=O)c2cc(=O)c3cccc(O)c3o2)CC1. The van der Waals surface area contributed by atoms with Crippen LogP contribution in [0.15, 0.2) is 82.0 Å². The summed E-state index contributed by atoms with van der Waals surface area (Å²) in [5, 5.41) is 16.6. The van der Waals surface area contributed by atoms with Crippen molar-refractivity contribution in [1.82, 2.24) is 20.4 Å². The van der Waals surface area contributed by atoms with Crippen LogP contribution in [0.5, 0.6) is 5.75 Å². The van der Waals surface area contributed by atoms with Gasteiger partial charge in [0, 0.05) is 62.5 Å². The highest BCUT2D eigenvalue weighted by Crippen LogP contribution is 2.24. The van der Waals surface area contributed by atoms with Crippen LogP contribution in [0, 0.1) is 0 Å². The summed E-state index contributed by atoms with van der Waals surface area (Å²) in [6.45, 7) is 2.93. The van der Waals surface area contributed by atoms with Gasteiger partial charge in [-0.1, -0.05) is 41.9 Å². The summed E-state index contributed by atoms with van der Waals surface area (Å²) in [5.74, 6) is -1.82. The van der Waals surface area contributed by atoms with Crippen molar-refractivity contribution < 1.29 is 23.9 Å². The van der Waals surface area contributed by atoms with Gasteiger partial charge < -0.3 is 34.9 Å². The number of likely N-dealkylation sites (N-methyl/N-ethyl adjacent to an activating group) is 1. The fraction of sp³-hybridized carbons (Fsp3) is 0.294. The summed E-state index contributed by atoms with van der Waals surface area (Å²) in [6, 6.07) is 18.8. The van der Waals surface area contributed by atoms with Crippen molar-refractivity contribution in [1.29, 1.82) is 0 Å². The lowest BCUT2D eigenvalue weighted by molar-refractivity contribution is -0.133. The number of rotatable bonds is 10. The van der Waals surface area contributed by atoms with Crippen LogP contribution in [0.1, 0.15) is 26.5 Å². The van der Waals surface area contributed by atoms with E-state index in [1.54, 1.807) is 35.2 Å². The minimum Gasteiger partial charge on any atom is -0.504 e. The zero-order valence-electron chi connectivity index (χ0n) is 25.7. The molecule has 46 heavy (non-hydrogen) atoms. The van der Waals surface area contributed by atoms with E-state index in [1.165, 1.54) is 18.2 Å². The first-order chi connectivity index (χ1) is 22.1. The standard InChI is InChI=1S/C34H36ClN5O6/c1-38(2)15-14-36-32(43)24-6-3-4-8-27(24)39-16-18-40(19-17-39)34(45)26(20-22-10-12-23(35)13-11-22)37-33(44)30-21-29(42)25-7-5-9-28(41)31(25)46-30/h3-13,21,26,41H,14-20H2,1-2H3,(H,36,43)(H,37,44)/t26-/m1/s1. The third-order valence-electron chi connectivity index (χ3n) is 7.84. The number of piperazine rings is 1. The number of carbonyl (C=O) groups excluding carboxylic acids is 3. The predicted molar refractivity (Wildman–Crippen MR) is 177 cm³/mol. The van der Waals surface area contributed by atoms with Crippen LogP contribution < -0.4 is 21.0 Å². The smallest absolute Gasteiger partial charge is 0.287 e. The summed E-state index contributed by atoms with van der Waals surface area (Å²) in [5.41, 5.74) is 1.53. The minimum absolute atomic E-state index is 0.108. The molecule has 1 fully saturated rings. The van der Waals surface area contributed by atoms with Gasteiger partial charge in [-0.25, -0.2) is 0 Å². The van der Waals surface area contributed by atoms with Crippen LogP contribution in [0.4, 0.5) is 5.69 Å². The topological polar surface area (TPSA) is 135 Å². The third kappa shape index (κ3) is 7.67. The molecule has 3 aromatic carbocycles. The van der Waals surface area contributed by atoms with Crippen molar-refractivity contribution in [3.63, 3.8) is 0 Å². The number of halogens is 1. The van der Waals surface area contributed by atoms with Crippen molar-refractivity contribution in [3.8, 4) is 5.75 Å². The molecule has 1 aromatic heterocycles. The summed E-state index contributed by atoms with van der Waals surface area (Å²) in [7, 11) is 3.89. The Morgan fingerprint density at radius 2 is 1.67 bits per heavy atom. The molecule has 0 aliphatic carbocycles. The average Bonchev–Trinajstić information content (AvgIpc) is 3.05. The molecule has 11 nitrogen and oxygen atoms in total. The van der Waals surface area contributed by atoms with Gasteiger partial charge in [0.25, 0.3) is 11.8 Å². The Balaban J connectivity index is 1.32. The molecule has 2 heterocycles. The van der Waals surface area contributed by atoms with E-state index in [2.05, 4.69) is 15.5 Å². The normalized spacial score (nSPS) is 13.9. The average molecular weight is 646 g/mol. The largest absolute Gasteiger partial charge is 0.504 e. The maximum Gasteiger partial charge on any atom is 0.287 e. The molecule has 0 unspecified atom stereocenters. The summed E-state index contributed by atoms with van der Waals surface area (Å²) < 4.78 is 5.61. The minimum atomic E-state index is -0.986. The van der Waals surface area contributed by atoms with Gasteiger partial charge in [0.2, 0.25) is 5.91 Å². The summed E-state index contributed by atoms with van der Waals surface area (Å²) in [4.78, 5) is 58.7. The first kappa shape index (κ1) is 32.5. The van der Waals surface area contributed by atoms with E-state index in [0.29, 0.717) is 43.3 Å². The number of carbonyl (C=O) groups is 3. The van der Waals surface area contributed by atoms with E-state index in [1.807, 2.05) is 37.2 Å². The second kappa shape index (κ2) is 14.5. The van der Waals surface area contributed by atoms with Crippen molar-refractivity contribution >= 4 is 46.0 Å². The lowest BCUT2D eigenvalue weighted by Crippen LogP contribution is -2.55. The van der Waals surface area contributed by atoms with Gasteiger partial charge in [-0.15, -0.1) is 0 Å². The molecule has 1 saturated heterocycles. The van der Waals surface area contributed by atoms with Crippen LogP contribution in [-0.2, 0) is 11.2 Å². The molecular weight excluding hydrogens is 610 g/mol. The Labute approximate surface area is 271 Å². The van der Waals surface area contributed by atoms with Crippen molar-refractivity contribution in [2.45, 2.75) is 12.5 Å². The Bertz CT molecular complexity index is 1780. The number of aromatic hydroxyl groups is 1. The van der Waals surface area contributed by atoms with Gasteiger partial charge in [0.1, 0.15) is 6.04 Å². The molecule has 1 aliphatic rings. The molecule has 0 saturated carbocycles. The lowest BCUT2D eigenvalue weighted by atomic mass is 10.0. The number of para-hydroxylation sites is 2. The van der Waals surface area contributed by atoms with Crippen molar-refractivity contribution in [3.05, 3.63) is 105 Å². The van der Waals surface area contributed by atoms with Gasteiger partial charge in [-0.3, -0.25) is 19.2 Å². The first-order valence-corrected chi connectivity index (χ1v) is 15.4. The third-order valence-corrected chi connectivity index (χ3v) is 8.09. The predicted octanol–water partition coefficient (Wildman–Crippen LogP) is 3.13. The second-order valence-electron chi connectivity index (χ2n) is 11.4. The zero-order valence-corrected chi connectivity index (χ0v) is 26.4. The molecule has 0 radical (unpaired) electrons. The van der Waals surface area contributed by atoms with E-state index in [-0.39, 0.29) is 40.7 Å². The Kier molecular flexibility index (Phi) is 10.2. The summed E-state index contributed by atoms with van der Waals surface area (Å²) in [6.07, 6.45) is 0.168. The number of phenols is 1. The molecule has 1 atom stereocenters. The zero-order chi connectivity index (χ0) is 32.8. The Morgan fingerprint density at radius 1 is 0.957 bits per heavy atom. The number of hydrogen-bond acceptors (Lipinski definition) is 8. The number of nitrogens with one attached hydrogen (secondary N) is 2. The van der Waals surface area contributed by atoms with E-state index < -0.39 is 17.4 Å². The van der Waals surface area contributed by atoms with Crippen LogP contribution in [0.2, 0.25) is 5.02 Å². The molecule has 1 aliphatic heterocycles. The van der Waals surface area contributed by atoms with Crippen LogP contribution in [-0.4, -0.2) is 92.0 Å². The number of nitrogens with zero attached hydrogens (tertiary/aromatic N) is 3. The van der Waals surface area contributed by atoms with Crippen molar-refractivity contribution in [2.24, 2.45) is 0 Å². The second-order valence-corrected chi connectivity index (χ2v) is 11.8. The van der Waals surface area contributed by atoms with Gasteiger partial charge in [0.05, 0.1) is 10.9 Å². The lowest BCUT2D eigenvalue weighted by Gasteiger charge is -2.38. The molecule has 0 bridgehead atoms. The molecule has 4 aromatic rings. The molecule has 0 spiro atoms. The number of amides is 3. The highest BCUT2D eigenvalue weighted by Gasteiger charge is 2.31. The van der Waals surface area contributed by atoms with Crippen LogP contribution in [0.25, 0.3) is 11.0 Å². The van der Waals surface area contributed by atoms with Gasteiger partial charge in [-0.2, -0.15) is 0 Å². The quantitative estimate of drug-likeness (QED) is 0.240. The molecule has 3 amide bonds. The highest BCUT2D eigenvalue weighted by atomic mass is 35.5. The highest BCUT2D eigenvalue weighted by molar-refractivity contribution is 6.30. The number of phenolic OH excluding ortho intramolecular Hbond substituents is 1. The molecule has 240 valence electrons. The van der Waals surface area contributed by atoms with Crippen LogP contribution >= 0.6 is 11.6 Å². The fourth-order valence-corrected chi connectivity index (χ4v) is 5.50. The molecule has 12 heteroatoms. The van der Waals surface area contributed by atoms with E-state index in [9.17, 15) is 24.3 Å². The Hall–Kier alpha value is -4.87. The van der Waals surface area contributed by atoms with Gasteiger partial charge >= 0.3 is 0 Å². The van der Waals surface area contributed by atoms with E-state index >= 15 is 0 Å². The summed E-state index contributed by atoms with van der Waals surface area (Å²) >= 11 is 6.07. The van der Waals surface area contributed by atoms with E-state index in [4.69, 9.17) is 16.0 Å². The number of benzene rings is 3. The number of fused-ring (bicyclic) bond motifs is 1. The first-order valence-electron chi connectivity index (χ1n) is 15.0. The maximum absolute atomic E-state index is 13.9. The van der Waals surface area contributed by atoms with Gasteiger partial charge in [-0.05, 0) is 56.1 Å². The van der Waals surface area contributed by atoms with Crippen molar-refractivity contribution in [2.75, 3.05) is 58.3 Å². The monoisotopic (exact) mass is 645 g/mol. The maximum atomic E-state index is 13.9. The fourth-order valence-electron chi connectivity index (χ4n) is 5.38. The molecule has 5 rings (SSSR count). The molecular formula is C34H36ClN5O6. The molecule has 3 N–H and O–H groups in total. The number of anilines is 1. The van der Waals surface area contributed by atoms with Crippen LogP contribution in [0.3, 0.4) is 0 Å². The number of hydrogen-bond donors (Lipinski definition) is 3. The van der Waals surface area contributed by atoms with Gasteiger partial charge in [0.15, 0.2) is 22.5 Å².